The summed E-state index contributed by atoms with van der Waals surface area (Å²) < 4.78 is 0. The minimum absolute atomic E-state index is 0. The van der Waals surface area contributed by atoms with Crippen LogP contribution in [0.25, 0.3) is 0 Å². The zero-order valence-corrected chi connectivity index (χ0v) is 18.8. The van der Waals surface area contributed by atoms with Crippen molar-refractivity contribution in [2.75, 3.05) is 13.6 Å². The van der Waals surface area contributed by atoms with Gasteiger partial charge in [0.1, 0.15) is 5.01 Å². The molecule has 138 valence electrons. The van der Waals surface area contributed by atoms with Crippen molar-refractivity contribution in [3.63, 3.8) is 0 Å². The number of halogens is 1. The van der Waals surface area contributed by atoms with Crippen LogP contribution in [0, 0.1) is 0 Å². The summed E-state index contributed by atoms with van der Waals surface area (Å²) in [5, 5.41) is 9.99. The molecule has 0 amide bonds. The average molecular weight is 472 g/mol. The van der Waals surface area contributed by atoms with Crippen LogP contribution in [0.3, 0.4) is 0 Å². The van der Waals surface area contributed by atoms with E-state index in [0.717, 1.165) is 23.2 Å². The number of aromatic nitrogens is 1. The summed E-state index contributed by atoms with van der Waals surface area (Å²) in [6.07, 6.45) is 0. The van der Waals surface area contributed by atoms with E-state index in [1.807, 2.05) is 6.07 Å². The van der Waals surface area contributed by atoms with Crippen LogP contribution < -0.4 is 10.6 Å². The molecule has 25 heavy (non-hydrogen) atoms. The van der Waals surface area contributed by atoms with Crippen LogP contribution in [-0.4, -0.2) is 24.5 Å². The normalized spacial score (nSPS) is 12.0. The molecule has 0 saturated carbocycles. The summed E-state index contributed by atoms with van der Waals surface area (Å²) in [6.45, 7) is 10.3. The Labute approximate surface area is 172 Å². The number of hydrogen-bond acceptors (Lipinski definition) is 3. The predicted octanol–water partition coefficient (Wildman–Crippen LogP) is 4.53. The Kier molecular flexibility index (Phi) is 8.85. The van der Waals surface area contributed by atoms with Crippen molar-refractivity contribution in [2.24, 2.45) is 4.99 Å². The lowest BCUT2D eigenvalue weighted by atomic mass is 9.85. The minimum Gasteiger partial charge on any atom is -0.356 e. The Morgan fingerprint density at radius 2 is 1.88 bits per heavy atom. The Balaban J connectivity index is 0.00000312. The standard InChI is InChI=1S/C19H28N4S.HI/c1-14(2)16-12-24-17(23-16)11-21-18(20-5)22-13-19(3,4)15-9-7-6-8-10-15;/h6-10,12,14H,11,13H2,1-5H3,(H2,20,21,22);1H. The fourth-order valence-corrected chi connectivity index (χ4v) is 3.24. The molecule has 2 rings (SSSR count). The molecule has 2 N–H and O–H groups in total. The topological polar surface area (TPSA) is 49.3 Å². The summed E-state index contributed by atoms with van der Waals surface area (Å²) in [5.41, 5.74) is 2.50. The van der Waals surface area contributed by atoms with Crippen molar-refractivity contribution in [3.8, 4) is 0 Å². The highest BCUT2D eigenvalue weighted by Crippen LogP contribution is 2.21. The maximum Gasteiger partial charge on any atom is 0.191 e. The molecule has 0 fully saturated rings. The molecule has 0 aliphatic rings. The van der Waals surface area contributed by atoms with Gasteiger partial charge in [0, 0.05) is 24.4 Å². The van der Waals surface area contributed by atoms with E-state index in [-0.39, 0.29) is 29.4 Å². The van der Waals surface area contributed by atoms with E-state index < -0.39 is 0 Å². The summed E-state index contributed by atoms with van der Waals surface area (Å²) in [5.74, 6) is 1.28. The summed E-state index contributed by atoms with van der Waals surface area (Å²) >= 11 is 1.69. The minimum atomic E-state index is 0. The number of benzene rings is 1. The molecular weight excluding hydrogens is 443 g/mol. The van der Waals surface area contributed by atoms with Crippen molar-refractivity contribution < 1.29 is 0 Å². The smallest absolute Gasteiger partial charge is 0.191 e. The van der Waals surface area contributed by atoms with Gasteiger partial charge in [0.05, 0.1) is 12.2 Å². The van der Waals surface area contributed by atoms with Gasteiger partial charge in [-0.2, -0.15) is 0 Å². The van der Waals surface area contributed by atoms with Gasteiger partial charge >= 0.3 is 0 Å². The Hall–Kier alpha value is -1.15. The summed E-state index contributed by atoms with van der Waals surface area (Å²) in [4.78, 5) is 8.96. The van der Waals surface area contributed by atoms with Gasteiger partial charge in [-0.15, -0.1) is 35.3 Å². The van der Waals surface area contributed by atoms with Gasteiger partial charge in [-0.05, 0) is 11.5 Å². The van der Waals surface area contributed by atoms with Crippen molar-refractivity contribution in [3.05, 3.63) is 52.0 Å². The fraction of sp³-hybridized carbons (Fsp3) is 0.474. The van der Waals surface area contributed by atoms with Gasteiger partial charge in [-0.1, -0.05) is 58.0 Å². The van der Waals surface area contributed by atoms with E-state index >= 15 is 0 Å². The van der Waals surface area contributed by atoms with Gasteiger partial charge in [-0.3, -0.25) is 4.99 Å². The first-order valence-corrected chi connectivity index (χ1v) is 9.24. The van der Waals surface area contributed by atoms with Crippen LogP contribution in [-0.2, 0) is 12.0 Å². The predicted molar refractivity (Wildman–Crippen MR) is 119 cm³/mol. The molecule has 0 bridgehead atoms. The first-order valence-electron chi connectivity index (χ1n) is 8.36. The van der Waals surface area contributed by atoms with E-state index in [9.17, 15) is 0 Å². The number of nitrogens with zero attached hydrogens (tertiary/aromatic N) is 2. The van der Waals surface area contributed by atoms with Crippen LogP contribution in [0.1, 0.15) is 49.9 Å². The monoisotopic (exact) mass is 472 g/mol. The molecular formula is C19H29IN4S. The lowest BCUT2D eigenvalue weighted by Crippen LogP contribution is -2.43. The quantitative estimate of drug-likeness (QED) is 0.369. The first-order chi connectivity index (χ1) is 11.4. The highest BCUT2D eigenvalue weighted by Gasteiger charge is 2.20. The molecule has 4 nitrogen and oxygen atoms in total. The highest BCUT2D eigenvalue weighted by atomic mass is 127. The molecule has 0 aliphatic heterocycles. The number of nitrogens with one attached hydrogen (secondary N) is 2. The number of thiazole rings is 1. The van der Waals surface area contributed by atoms with Gasteiger partial charge in [0.2, 0.25) is 0 Å². The zero-order chi connectivity index (χ0) is 17.6. The second-order valence-electron chi connectivity index (χ2n) is 6.85. The largest absolute Gasteiger partial charge is 0.356 e. The maximum absolute atomic E-state index is 4.65. The molecule has 1 aromatic carbocycles. The van der Waals surface area contributed by atoms with E-state index in [1.165, 1.54) is 5.56 Å². The average Bonchev–Trinajstić information content (AvgIpc) is 3.05. The van der Waals surface area contributed by atoms with E-state index in [0.29, 0.717) is 12.5 Å². The number of guanidine groups is 1. The van der Waals surface area contributed by atoms with Gasteiger partial charge in [0.25, 0.3) is 0 Å². The molecule has 0 unspecified atom stereocenters. The third-order valence-electron chi connectivity index (χ3n) is 4.04. The second kappa shape index (κ2) is 10.1. The van der Waals surface area contributed by atoms with Crippen LogP contribution in [0.4, 0.5) is 0 Å². The van der Waals surface area contributed by atoms with Crippen LogP contribution in [0.5, 0.6) is 0 Å². The maximum atomic E-state index is 4.65. The Morgan fingerprint density at radius 3 is 2.44 bits per heavy atom. The first kappa shape index (κ1) is 21.9. The molecule has 0 atom stereocenters. The molecule has 1 heterocycles. The summed E-state index contributed by atoms with van der Waals surface area (Å²) in [7, 11) is 1.80. The third kappa shape index (κ3) is 6.58. The van der Waals surface area contributed by atoms with Crippen LogP contribution >= 0.6 is 35.3 Å². The molecule has 0 aliphatic carbocycles. The second-order valence-corrected chi connectivity index (χ2v) is 7.79. The molecule has 6 heteroatoms. The fourth-order valence-electron chi connectivity index (χ4n) is 2.35. The molecule has 1 aromatic heterocycles. The highest BCUT2D eigenvalue weighted by molar-refractivity contribution is 14.0. The number of rotatable bonds is 6. The summed E-state index contributed by atoms with van der Waals surface area (Å²) in [6, 6.07) is 10.5. The molecule has 2 aromatic rings. The lowest BCUT2D eigenvalue weighted by Gasteiger charge is -2.26. The van der Waals surface area contributed by atoms with Gasteiger partial charge in [0.15, 0.2) is 5.96 Å². The molecule has 0 spiro atoms. The SMILES string of the molecule is CN=C(NCc1nc(C(C)C)cs1)NCC(C)(C)c1ccccc1.I. The Morgan fingerprint density at radius 1 is 1.20 bits per heavy atom. The van der Waals surface area contributed by atoms with Crippen LogP contribution in [0.2, 0.25) is 0 Å². The van der Waals surface area contributed by atoms with Crippen molar-refractivity contribution >= 4 is 41.3 Å². The lowest BCUT2D eigenvalue weighted by molar-refractivity contribution is 0.508. The third-order valence-corrected chi connectivity index (χ3v) is 4.91. The Bertz CT molecular complexity index is 665. The number of hydrogen-bond donors (Lipinski definition) is 2. The van der Waals surface area contributed by atoms with E-state index in [4.69, 9.17) is 0 Å². The van der Waals surface area contributed by atoms with Gasteiger partial charge in [-0.25, -0.2) is 4.98 Å². The van der Waals surface area contributed by atoms with E-state index in [1.54, 1.807) is 18.4 Å². The van der Waals surface area contributed by atoms with Crippen LogP contribution in [0.15, 0.2) is 40.7 Å². The van der Waals surface area contributed by atoms with Crippen molar-refractivity contribution in [1.29, 1.82) is 0 Å². The number of aliphatic imine (C=N–C) groups is 1. The van der Waals surface area contributed by atoms with Crippen molar-refractivity contribution in [2.45, 2.75) is 45.6 Å². The van der Waals surface area contributed by atoms with Crippen molar-refractivity contribution in [1.82, 2.24) is 15.6 Å². The van der Waals surface area contributed by atoms with E-state index in [2.05, 4.69) is 78.0 Å². The molecule has 0 saturated heterocycles. The molecule has 0 radical (unpaired) electrons. The van der Waals surface area contributed by atoms with Gasteiger partial charge < -0.3 is 10.6 Å². The zero-order valence-electron chi connectivity index (χ0n) is 15.7.